The van der Waals surface area contributed by atoms with Crippen molar-refractivity contribution in [1.82, 2.24) is 0 Å². The smallest absolute Gasteiger partial charge is 0.184 e. The molecule has 0 spiro atoms. The molecule has 134 valence electrons. The molecule has 0 bridgehead atoms. The summed E-state index contributed by atoms with van der Waals surface area (Å²) >= 11 is 0. The summed E-state index contributed by atoms with van der Waals surface area (Å²) in [6.07, 6.45) is 15.9. The van der Waals surface area contributed by atoms with Crippen LogP contribution in [0.2, 0.25) is 0 Å². The predicted molar refractivity (Wildman–Crippen MR) is 95.4 cm³/mol. The maximum Gasteiger partial charge on any atom is 0.184 e. The molecule has 2 unspecified atom stereocenters. The Hall–Kier alpha value is -0.670. The number of ketones is 1. The van der Waals surface area contributed by atoms with Crippen LogP contribution in [-0.4, -0.2) is 24.8 Å². The van der Waals surface area contributed by atoms with E-state index in [2.05, 4.69) is 6.92 Å². The van der Waals surface area contributed by atoms with Crippen molar-refractivity contribution in [2.24, 2.45) is 5.92 Å². The quantitative estimate of drug-likeness (QED) is 0.424. The summed E-state index contributed by atoms with van der Waals surface area (Å²) in [4.78, 5) is 11.7. The lowest BCUT2D eigenvalue weighted by atomic mass is 10.0. The van der Waals surface area contributed by atoms with Crippen LogP contribution in [0.4, 0.5) is 0 Å². The van der Waals surface area contributed by atoms with Crippen molar-refractivity contribution < 1.29 is 14.3 Å². The van der Waals surface area contributed by atoms with E-state index in [9.17, 15) is 4.79 Å². The summed E-state index contributed by atoms with van der Waals surface area (Å²) < 4.78 is 11.4. The third-order valence-corrected chi connectivity index (χ3v) is 4.36. The van der Waals surface area contributed by atoms with Gasteiger partial charge in [0.05, 0.1) is 6.61 Å². The van der Waals surface area contributed by atoms with Crippen LogP contribution in [0.15, 0.2) is 12.2 Å². The van der Waals surface area contributed by atoms with Crippen LogP contribution in [0.25, 0.3) is 0 Å². The maximum atomic E-state index is 11.7. The summed E-state index contributed by atoms with van der Waals surface area (Å²) in [6, 6.07) is 0. The summed E-state index contributed by atoms with van der Waals surface area (Å²) in [5, 5.41) is 0. The Morgan fingerprint density at radius 2 is 1.57 bits per heavy atom. The van der Waals surface area contributed by atoms with Crippen LogP contribution in [0, 0.1) is 5.92 Å². The van der Waals surface area contributed by atoms with Crippen molar-refractivity contribution >= 4 is 5.78 Å². The highest BCUT2D eigenvalue weighted by Gasteiger charge is 2.27. The highest BCUT2D eigenvalue weighted by atomic mass is 16.7. The molecule has 1 aliphatic heterocycles. The molecule has 3 heteroatoms. The monoisotopic (exact) mass is 324 g/mol. The highest BCUT2D eigenvalue weighted by Crippen LogP contribution is 2.18. The van der Waals surface area contributed by atoms with Crippen LogP contribution in [0.3, 0.4) is 0 Å². The van der Waals surface area contributed by atoms with Gasteiger partial charge in [-0.05, 0) is 24.5 Å². The first-order valence-electron chi connectivity index (χ1n) is 9.64. The van der Waals surface area contributed by atoms with E-state index in [0.29, 0.717) is 6.61 Å². The fourth-order valence-electron chi connectivity index (χ4n) is 2.89. The van der Waals surface area contributed by atoms with Crippen LogP contribution < -0.4 is 0 Å². The molecule has 0 fully saturated rings. The minimum absolute atomic E-state index is 0.0544. The molecular weight excluding hydrogens is 288 g/mol. The van der Waals surface area contributed by atoms with Gasteiger partial charge in [-0.1, -0.05) is 78.6 Å². The molecule has 1 aliphatic rings. The fourth-order valence-corrected chi connectivity index (χ4v) is 2.89. The summed E-state index contributed by atoms with van der Waals surface area (Å²) in [5.74, 6) is 0.245. The third kappa shape index (κ3) is 9.26. The minimum Gasteiger partial charge on any atom is -0.349 e. The average Bonchev–Trinajstić information content (AvgIpc) is 2.53. The molecule has 0 aliphatic carbocycles. The van der Waals surface area contributed by atoms with Crippen molar-refractivity contribution in [3.05, 3.63) is 12.2 Å². The van der Waals surface area contributed by atoms with Crippen molar-refractivity contribution in [3.63, 3.8) is 0 Å². The lowest BCUT2D eigenvalue weighted by Gasteiger charge is -2.27. The first-order chi connectivity index (χ1) is 11.1. The molecule has 23 heavy (non-hydrogen) atoms. The number of ether oxygens (including phenoxy) is 2. The zero-order chi connectivity index (χ0) is 16.9. The average molecular weight is 325 g/mol. The van der Waals surface area contributed by atoms with Gasteiger partial charge in [-0.25, -0.2) is 0 Å². The molecule has 0 amide bonds. The van der Waals surface area contributed by atoms with E-state index in [-0.39, 0.29) is 24.1 Å². The van der Waals surface area contributed by atoms with Crippen molar-refractivity contribution in [3.8, 4) is 0 Å². The Balaban J connectivity index is 1.95. The van der Waals surface area contributed by atoms with E-state index in [0.717, 1.165) is 6.42 Å². The van der Waals surface area contributed by atoms with Gasteiger partial charge in [0.15, 0.2) is 12.1 Å². The van der Waals surface area contributed by atoms with E-state index >= 15 is 0 Å². The number of unbranched alkanes of at least 4 members (excludes halogenated alkanes) is 9. The Kier molecular flexibility index (Phi) is 11.3. The SMILES string of the molecule is CCCCCCCCCCCCOC1C=CC(=O)C(C(C)C)O1. The van der Waals surface area contributed by atoms with Gasteiger partial charge in [0.25, 0.3) is 0 Å². The third-order valence-electron chi connectivity index (χ3n) is 4.36. The minimum atomic E-state index is -0.349. The first-order valence-corrected chi connectivity index (χ1v) is 9.64. The number of hydrogen-bond acceptors (Lipinski definition) is 3. The Morgan fingerprint density at radius 3 is 2.13 bits per heavy atom. The normalized spacial score (nSPS) is 21.3. The van der Waals surface area contributed by atoms with E-state index < -0.39 is 0 Å². The summed E-state index contributed by atoms with van der Waals surface area (Å²) in [7, 11) is 0. The number of rotatable bonds is 13. The van der Waals surface area contributed by atoms with Crippen LogP contribution in [0.5, 0.6) is 0 Å². The second-order valence-corrected chi connectivity index (χ2v) is 6.98. The van der Waals surface area contributed by atoms with Gasteiger partial charge in [-0.3, -0.25) is 4.79 Å². The lowest BCUT2D eigenvalue weighted by Crippen LogP contribution is -2.36. The molecule has 0 N–H and O–H groups in total. The maximum absolute atomic E-state index is 11.7. The van der Waals surface area contributed by atoms with Crippen molar-refractivity contribution in [2.45, 2.75) is 97.4 Å². The summed E-state index contributed by atoms with van der Waals surface area (Å²) in [6.45, 7) is 6.98. The second kappa shape index (κ2) is 12.7. The fraction of sp³-hybridized carbons (Fsp3) is 0.850. The lowest BCUT2D eigenvalue weighted by molar-refractivity contribution is -0.170. The molecule has 1 rings (SSSR count). The molecule has 0 aromatic carbocycles. The topological polar surface area (TPSA) is 35.5 Å². The molecule has 3 nitrogen and oxygen atoms in total. The van der Waals surface area contributed by atoms with Gasteiger partial charge in [-0.2, -0.15) is 0 Å². The molecular formula is C20H36O3. The van der Waals surface area contributed by atoms with Crippen LogP contribution >= 0.6 is 0 Å². The molecule has 0 aromatic rings. The number of carbonyl (C=O) groups is 1. The molecule has 0 saturated carbocycles. The van der Waals surface area contributed by atoms with Crippen LogP contribution in [0.1, 0.15) is 85.0 Å². The number of carbonyl (C=O) groups excluding carboxylic acids is 1. The molecule has 0 saturated heterocycles. The molecule has 1 heterocycles. The second-order valence-electron chi connectivity index (χ2n) is 6.98. The van der Waals surface area contributed by atoms with E-state index in [1.165, 1.54) is 57.8 Å². The Labute approximate surface area is 142 Å². The van der Waals surface area contributed by atoms with Crippen LogP contribution in [-0.2, 0) is 14.3 Å². The number of hydrogen-bond donors (Lipinski definition) is 0. The van der Waals surface area contributed by atoms with Gasteiger partial charge >= 0.3 is 0 Å². The summed E-state index contributed by atoms with van der Waals surface area (Å²) in [5.41, 5.74) is 0. The van der Waals surface area contributed by atoms with E-state index in [1.54, 1.807) is 12.2 Å². The van der Waals surface area contributed by atoms with Gasteiger partial charge in [0.2, 0.25) is 0 Å². The standard InChI is InChI=1S/C20H36O3/c1-4-5-6-7-8-9-10-11-12-13-16-22-19-15-14-18(21)20(23-19)17(2)3/h14-15,17,19-20H,4-13,16H2,1-3H3. The predicted octanol–water partition coefficient (Wildman–Crippen LogP) is 5.43. The van der Waals surface area contributed by atoms with E-state index in [4.69, 9.17) is 9.47 Å². The first kappa shape index (κ1) is 20.4. The molecule has 2 atom stereocenters. The Bertz CT molecular complexity index is 336. The molecule has 0 radical (unpaired) electrons. The zero-order valence-electron chi connectivity index (χ0n) is 15.4. The largest absolute Gasteiger partial charge is 0.349 e. The van der Waals surface area contributed by atoms with Gasteiger partial charge in [-0.15, -0.1) is 0 Å². The van der Waals surface area contributed by atoms with E-state index in [1.807, 2.05) is 13.8 Å². The van der Waals surface area contributed by atoms with Gasteiger partial charge in [0.1, 0.15) is 6.10 Å². The Morgan fingerprint density at radius 1 is 1.00 bits per heavy atom. The van der Waals surface area contributed by atoms with Crippen molar-refractivity contribution in [1.29, 1.82) is 0 Å². The molecule has 0 aromatic heterocycles. The van der Waals surface area contributed by atoms with Crippen molar-refractivity contribution in [2.75, 3.05) is 6.61 Å². The van der Waals surface area contributed by atoms with Gasteiger partial charge in [0, 0.05) is 0 Å². The van der Waals surface area contributed by atoms with Gasteiger partial charge < -0.3 is 9.47 Å². The zero-order valence-corrected chi connectivity index (χ0v) is 15.4. The highest BCUT2D eigenvalue weighted by molar-refractivity contribution is 5.94.